The van der Waals surface area contributed by atoms with E-state index in [2.05, 4.69) is 4.98 Å². The van der Waals surface area contributed by atoms with Crippen molar-refractivity contribution in [1.29, 1.82) is 0 Å². The summed E-state index contributed by atoms with van der Waals surface area (Å²) in [5.74, 6) is -0.313. The second-order valence-corrected chi connectivity index (χ2v) is 8.52. The molecule has 0 spiro atoms. The van der Waals surface area contributed by atoms with Crippen molar-refractivity contribution in [2.24, 2.45) is 0 Å². The highest BCUT2D eigenvalue weighted by molar-refractivity contribution is 7.91. The fraction of sp³-hybridized carbons (Fsp3) is 0.143. The van der Waals surface area contributed by atoms with Crippen molar-refractivity contribution >= 4 is 21.4 Å². The van der Waals surface area contributed by atoms with Gasteiger partial charge in [0.2, 0.25) is 0 Å². The van der Waals surface area contributed by atoms with E-state index in [0.717, 1.165) is 11.3 Å². The number of hydrogen-bond donors (Lipinski definition) is 0. The molecule has 0 aliphatic carbocycles. The lowest BCUT2D eigenvalue weighted by atomic mass is 10.1. The summed E-state index contributed by atoms with van der Waals surface area (Å²) in [6, 6.07) is 20.0. The lowest BCUT2D eigenvalue weighted by Crippen LogP contribution is -2.40. The molecule has 136 valence electrons. The molecule has 0 saturated carbocycles. The fourth-order valence-electron chi connectivity index (χ4n) is 3.30. The van der Waals surface area contributed by atoms with Crippen molar-refractivity contribution in [3.8, 4) is 11.3 Å². The molecule has 5 nitrogen and oxygen atoms in total. The number of carbonyl (C=O) groups excluding carboxylic acids is 1. The van der Waals surface area contributed by atoms with Crippen LogP contribution in [0.3, 0.4) is 0 Å². The number of hydrogen-bond acceptors (Lipinski definition) is 4. The van der Waals surface area contributed by atoms with Gasteiger partial charge in [0.15, 0.2) is 9.84 Å². The normalized spacial score (nSPS) is 15.2. The molecule has 27 heavy (non-hydrogen) atoms. The largest absolute Gasteiger partial charge is 0.306 e. The second kappa shape index (κ2) is 6.63. The third kappa shape index (κ3) is 3.13. The maximum Gasteiger partial charge on any atom is 0.260 e. The molecule has 0 N–H and O–H groups in total. The number of amides is 1. The molecular weight excluding hydrogens is 360 g/mol. The van der Waals surface area contributed by atoms with E-state index in [0.29, 0.717) is 16.9 Å². The summed E-state index contributed by atoms with van der Waals surface area (Å²) in [5.41, 5.74) is 3.30. The van der Waals surface area contributed by atoms with E-state index >= 15 is 0 Å². The summed E-state index contributed by atoms with van der Waals surface area (Å²) in [6.07, 6.45) is 0. The molecule has 1 amide bonds. The molecule has 3 aromatic rings. The molecule has 0 bridgehead atoms. The quantitative estimate of drug-likeness (QED) is 0.685. The topological polar surface area (TPSA) is 67.3 Å². The number of rotatable bonds is 2. The maximum atomic E-state index is 13.1. The Kier molecular flexibility index (Phi) is 4.28. The Bertz CT molecular complexity index is 1130. The van der Waals surface area contributed by atoms with Gasteiger partial charge in [0, 0.05) is 12.1 Å². The van der Waals surface area contributed by atoms with Gasteiger partial charge in [-0.2, -0.15) is 0 Å². The fourth-order valence-corrected chi connectivity index (χ4v) is 4.72. The highest BCUT2D eigenvalue weighted by atomic mass is 32.2. The first kappa shape index (κ1) is 17.4. The smallest absolute Gasteiger partial charge is 0.260 e. The molecule has 1 aliphatic rings. The van der Waals surface area contributed by atoms with Crippen molar-refractivity contribution in [3.05, 3.63) is 78.0 Å². The number of benzene rings is 2. The van der Waals surface area contributed by atoms with Crippen LogP contribution in [0.5, 0.6) is 0 Å². The monoisotopic (exact) mass is 378 g/mol. The number of para-hydroxylation sites is 1. The minimum absolute atomic E-state index is 0.0790. The van der Waals surface area contributed by atoms with E-state index < -0.39 is 9.84 Å². The van der Waals surface area contributed by atoms with E-state index in [9.17, 15) is 13.2 Å². The maximum absolute atomic E-state index is 13.1. The van der Waals surface area contributed by atoms with Crippen LogP contribution in [0, 0.1) is 6.92 Å². The van der Waals surface area contributed by atoms with Crippen molar-refractivity contribution < 1.29 is 13.2 Å². The molecule has 2 heterocycles. The zero-order valence-corrected chi connectivity index (χ0v) is 15.6. The molecule has 1 aromatic heterocycles. The number of carbonyl (C=O) groups is 1. The van der Waals surface area contributed by atoms with Gasteiger partial charge in [-0.1, -0.05) is 42.5 Å². The van der Waals surface area contributed by atoms with Crippen LogP contribution in [0.4, 0.5) is 5.69 Å². The predicted octanol–water partition coefficient (Wildman–Crippen LogP) is 3.49. The minimum Gasteiger partial charge on any atom is -0.306 e. The van der Waals surface area contributed by atoms with E-state index in [1.165, 1.54) is 4.90 Å². The highest BCUT2D eigenvalue weighted by Gasteiger charge is 2.32. The lowest BCUT2D eigenvalue weighted by molar-refractivity contribution is 0.0986. The Balaban J connectivity index is 1.72. The van der Waals surface area contributed by atoms with Crippen LogP contribution < -0.4 is 4.90 Å². The van der Waals surface area contributed by atoms with Gasteiger partial charge < -0.3 is 4.90 Å². The van der Waals surface area contributed by atoms with E-state index in [4.69, 9.17) is 0 Å². The molecule has 0 radical (unpaired) electrons. The molecule has 0 saturated heterocycles. The number of pyridine rings is 1. The second-order valence-electron chi connectivity index (χ2n) is 6.44. The number of aromatic nitrogens is 1. The Morgan fingerprint density at radius 1 is 0.963 bits per heavy atom. The Morgan fingerprint density at radius 2 is 1.67 bits per heavy atom. The van der Waals surface area contributed by atoms with Gasteiger partial charge in [0.25, 0.3) is 5.91 Å². The summed E-state index contributed by atoms with van der Waals surface area (Å²) in [5, 5.41) is 0. The van der Waals surface area contributed by atoms with Gasteiger partial charge in [-0.3, -0.25) is 9.78 Å². The van der Waals surface area contributed by atoms with Crippen molar-refractivity contribution in [1.82, 2.24) is 4.98 Å². The number of anilines is 1. The average molecular weight is 378 g/mol. The molecule has 0 unspecified atom stereocenters. The number of fused-ring (bicyclic) bond motifs is 1. The first-order chi connectivity index (χ1) is 13.0. The van der Waals surface area contributed by atoms with Gasteiger partial charge in [0.1, 0.15) is 0 Å². The lowest BCUT2D eigenvalue weighted by Gasteiger charge is -2.29. The van der Waals surface area contributed by atoms with Crippen LogP contribution in [-0.4, -0.2) is 31.6 Å². The van der Waals surface area contributed by atoms with Crippen LogP contribution in [0.25, 0.3) is 11.3 Å². The van der Waals surface area contributed by atoms with Crippen LogP contribution >= 0.6 is 0 Å². The Morgan fingerprint density at radius 3 is 2.41 bits per heavy atom. The van der Waals surface area contributed by atoms with E-state index in [-0.39, 0.29) is 23.1 Å². The average Bonchev–Trinajstić information content (AvgIpc) is 2.68. The van der Waals surface area contributed by atoms with Crippen LogP contribution in [0.15, 0.2) is 71.6 Å². The molecule has 0 atom stereocenters. The van der Waals surface area contributed by atoms with Crippen LogP contribution in [0.1, 0.15) is 16.1 Å². The Labute approximate surface area is 158 Å². The molecule has 4 rings (SSSR count). The summed E-state index contributed by atoms with van der Waals surface area (Å²) < 4.78 is 24.6. The zero-order valence-electron chi connectivity index (χ0n) is 14.8. The van der Waals surface area contributed by atoms with E-state index in [1.54, 1.807) is 37.3 Å². The molecular formula is C21H18N2O3S. The third-order valence-electron chi connectivity index (χ3n) is 4.71. The van der Waals surface area contributed by atoms with E-state index in [1.807, 2.05) is 36.4 Å². The zero-order chi connectivity index (χ0) is 19.0. The van der Waals surface area contributed by atoms with Crippen LogP contribution in [0.2, 0.25) is 0 Å². The predicted molar refractivity (Wildman–Crippen MR) is 105 cm³/mol. The van der Waals surface area contributed by atoms with Gasteiger partial charge in [-0.05, 0) is 31.2 Å². The van der Waals surface area contributed by atoms with Gasteiger partial charge >= 0.3 is 0 Å². The van der Waals surface area contributed by atoms with Gasteiger partial charge in [-0.25, -0.2) is 8.42 Å². The number of sulfone groups is 1. The van der Waals surface area contributed by atoms with Crippen molar-refractivity contribution in [2.75, 3.05) is 17.2 Å². The molecule has 6 heteroatoms. The minimum atomic E-state index is -3.35. The van der Waals surface area contributed by atoms with Crippen molar-refractivity contribution in [2.45, 2.75) is 11.8 Å². The number of nitrogens with zero attached hydrogens (tertiary/aromatic N) is 2. The standard InChI is InChI=1S/C21H18N2O3S/c1-15-17(11-12-18(22-15)16-7-3-2-4-8-16)21(24)23-13-14-27(25,26)20-10-6-5-9-19(20)23/h2-12H,13-14H2,1H3. The molecule has 1 aliphatic heterocycles. The van der Waals surface area contributed by atoms with Gasteiger partial charge in [0.05, 0.1) is 33.3 Å². The molecule has 2 aromatic carbocycles. The number of aryl methyl sites for hydroxylation is 1. The first-order valence-electron chi connectivity index (χ1n) is 8.64. The highest BCUT2D eigenvalue weighted by Crippen LogP contribution is 2.31. The summed E-state index contributed by atoms with van der Waals surface area (Å²) in [6.45, 7) is 1.93. The van der Waals surface area contributed by atoms with Crippen molar-refractivity contribution in [3.63, 3.8) is 0 Å². The summed E-state index contributed by atoms with van der Waals surface area (Å²) >= 11 is 0. The Hall–Kier alpha value is -2.99. The first-order valence-corrected chi connectivity index (χ1v) is 10.3. The third-order valence-corrected chi connectivity index (χ3v) is 6.44. The summed E-state index contributed by atoms with van der Waals surface area (Å²) in [4.78, 5) is 19.4. The summed E-state index contributed by atoms with van der Waals surface area (Å²) in [7, 11) is -3.35. The molecule has 0 fully saturated rings. The SMILES string of the molecule is Cc1nc(-c2ccccc2)ccc1C(=O)N1CCS(=O)(=O)c2ccccc21. The van der Waals surface area contributed by atoms with Crippen LogP contribution in [-0.2, 0) is 9.84 Å². The van der Waals surface area contributed by atoms with Gasteiger partial charge in [-0.15, -0.1) is 0 Å².